The molecule has 1 aliphatic rings. The predicted octanol–water partition coefficient (Wildman–Crippen LogP) is 1.62. The Morgan fingerprint density at radius 3 is 2.32 bits per heavy atom. The fourth-order valence-electron chi connectivity index (χ4n) is 3.00. The Morgan fingerprint density at radius 1 is 1.04 bits per heavy atom. The maximum Gasteiger partial charge on any atom is 0.323 e. The van der Waals surface area contributed by atoms with Crippen LogP contribution in [0.5, 0.6) is 0 Å². The summed E-state index contributed by atoms with van der Waals surface area (Å²) in [6, 6.07) is 13.4. The molecule has 146 valence electrons. The average Bonchev–Trinajstić information content (AvgIpc) is 2.70. The van der Waals surface area contributed by atoms with Crippen LogP contribution in [0.1, 0.15) is 6.92 Å². The van der Waals surface area contributed by atoms with E-state index in [9.17, 15) is 14.4 Å². The van der Waals surface area contributed by atoms with Crippen molar-refractivity contribution < 1.29 is 19.1 Å². The molecule has 0 unspecified atom stereocenters. The Balaban J connectivity index is 1.81. The number of nitrogens with two attached hydrogens (primary N) is 1. The summed E-state index contributed by atoms with van der Waals surface area (Å²) in [5, 5.41) is 2.63. The maximum absolute atomic E-state index is 12.7. The van der Waals surface area contributed by atoms with Crippen LogP contribution in [-0.2, 0) is 19.1 Å². The second kappa shape index (κ2) is 8.53. The minimum Gasteiger partial charge on any atom is -0.399 e. The van der Waals surface area contributed by atoms with E-state index in [2.05, 4.69) is 10.2 Å². The van der Waals surface area contributed by atoms with Crippen LogP contribution < -0.4 is 20.9 Å². The number of anilines is 4. The highest BCUT2D eigenvalue weighted by Gasteiger charge is 2.28. The lowest BCUT2D eigenvalue weighted by molar-refractivity contribution is -0.136. The highest BCUT2D eigenvalue weighted by molar-refractivity contribution is 6.48. The van der Waals surface area contributed by atoms with E-state index in [1.165, 1.54) is 19.1 Å². The Hall–Kier alpha value is -3.39. The van der Waals surface area contributed by atoms with Crippen molar-refractivity contribution in [3.05, 3.63) is 48.5 Å². The van der Waals surface area contributed by atoms with Crippen LogP contribution in [0.3, 0.4) is 0 Å². The van der Waals surface area contributed by atoms with Crippen LogP contribution in [0.15, 0.2) is 48.5 Å². The molecule has 1 saturated heterocycles. The van der Waals surface area contributed by atoms with Gasteiger partial charge in [0.1, 0.15) is 0 Å². The molecule has 3 rings (SSSR count). The van der Waals surface area contributed by atoms with E-state index >= 15 is 0 Å². The first-order chi connectivity index (χ1) is 13.5. The number of nitrogens with zero attached hydrogens (tertiary/aromatic N) is 2. The maximum atomic E-state index is 12.7. The second-order valence-electron chi connectivity index (χ2n) is 6.32. The molecule has 28 heavy (non-hydrogen) atoms. The molecule has 0 saturated carbocycles. The molecule has 0 aromatic heterocycles. The number of imide groups is 1. The summed E-state index contributed by atoms with van der Waals surface area (Å²) < 4.78 is 5.36. The summed E-state index contributed by atoms with van der Waals surface area (Å²) >= 11 is 0. The van der Waals surface area contributed by atoms with E-state index in [0.29, 0.717) is 37.7 Å². The Morgan fingerprint density at radius 2 is 1.68 bits per heavy atom. The highest BCUT2D eigenvalue weighted by Crippen LogP contribution is 2.26. The van der Waals surface area contributed by atoms with Gasteiger partial charge in [-0.2, -0.15) is 0 Å². The van der Waals surface area contributed by atoms with Crippen LogP contribution in [0.2, 0.25) is 0 Å². The van der Waals surface area contributed by atoms with Crippen molar-refractivity contribution in [3.8, 4) is 0 Å². The molecular formula is C20H22N4O4. The van der Waals surface area contributed by atoms with E-state index in [4.69, 9.17) is 10.5 Å². The fourth-order valence-corrected chi connectivity index (χ4v) is 3.00. The van der Waals surface area contributed by atoms with E-state index in [-0.39, 0.29) is 5.69 Å². The van der Waals surface area contributed by atoms with Crippen molar-refractivity contribution >= 4 is 40.5 Å². The summed E-state index contributed by atoms with van der Waals surface area (Å²) in [6.45, 7) is 3.79. The zero-order valence-electron chi connectivity index (χ0n) is 15.6. The van der Waals surface area contributed by atoms with Crippen LogP contribution in [0, 0.1) is 0 Å². The van der Waals surface area contributed by atoms with Crippen LogP contribution in [-0.4, -0.2) is 44.0 Å². The van der Waals surface area contributed by atoms with Crippen molar-refractivity contribution in [1.29, 1.82) is 0 Å². The van der Waals surface area contributed by atoms with Crippen molar-refractivity contribution in [2.75, 3.05) is 47.2 Å². The molecule has 0 spiro atoms. The molecule has 2 aromatic rings. The molecule has 2 aromatic carbocycles. The number of carbonyl (C=O) groups is 3. The van der Waals surface area contributed by atoms with Gasteiger partial charge in [0.2, 0.25) is 5.91 Å². The molecule has 1 heterocycles. The number of nitrogen functional groups attached to an aromatic ring is 1. The molecule has 1 aliphatic heterocycles. The van der Waals surface area contributed by atoms with Crippen molar-refractivity contribution in [2.24, 2.45) is 0 Å². The minimum atomic E-state index is -0.964. The number of morpholine rings is 1. The van der Waals surface area contributed by atoms with Crippen molar-refractivity contribution in [2.45, 2.75) is 6.92 Å². The predicted molar refractivity (Wildman–Crippen MR) is 107 cm³/mol. The van der Waals surface area contributed by atoms with E-state index in [1.54, 1.807) is 24.3 Å². The van der Waals surface area contributed by atoms with Gasteiger partial charge in [-0.25, -0.2) is 4.90 Å². The van der Waals surface area contributed by atoms with Gasteiger partial charge in [0.15, 0.2) is 0 Å². The minimum absolute atomic E-state index is 0.281. The lowest BCUT2D eigenvalue weighted by Crippen LogP contribution is -2.43. The molecule has 0 atom stereocenters. The van der Waals surface area contributed by atoms with Gasteiger partial charge in [0.05, 0.1) is 30.3 Å². The fraction of sp³-hybridized carbons (Fsp3) is 0.250. The molecule has 0 bridgehead atoms. The Bertz CT molecular complexity index is 876. The van der Waals surface area contributed by atoms with Crippen molar-refractivity contribution in [3.63, 3.8) is 0 Å². The molecular weight excluding hydrogens is 360 g/mol. The SMILES string of the molecule is CC(=O)N(C(=O)C(=O)Nc1ccccc1N1CCOCC1)c1ccc(N)cc1. The smallest absolute Gasteiger partial charge is 0.323 e. The van der Waals surface area contributed by atoms with E-state index in [0.717, 1.165) is 10.6 Å². The number of hydrogen-bond acceptors (Lipinski definition) is 6. The number of ether oxygens (including phenoxy) is 1. The third-order valence-electron chi connectivity index (χ3n) is 4.37. The number of hydrogen-bond donors (Lipinski definition) is 2. The molecule has 8 nitrogen and oxygen atoms in total. The number of amides is 3. The number of benzene rings is 2. The third kappa shape index (κ3) is 4.29. The first-order valence-electron chi connectivity index (χ1n) is 8.90. The van der Waals surface area contributed by atoms with Gasteiger partial charge < -0.3 is 20.7 Å². The number of nitrogens with one attached hydrogen (secondary N) is 1. The number of rotatable bonds is 3. The summed E-state index contributed by atoms with van der Waals surface area (Å²) in [4.78, 5) is 40.2. The quantitative estimate of drug-likeness (QED) is 0.617. The number of para-hydroxylation sites is 2. The molecule has 8 heteroatoms. The topological polar surface area (TPSA) is 105 Å². The second-order valence-corrected chi connectivity index (χ2v) is 6.32. The third-order valence-corrected chi connectivity index (χ3v) is 4.37. The van der Waals surface area contributed by atoms with Gasteiger partial charge >= 0.3 is 11.8 Å². The Kier molecular flexibility index (Phi) is 5.90. The summed E-state index contributed by atoms with van der Waals surface area (Å²) in [7, 11) is 0. The average molecular weight is 382 g/mol. The van der Waals surface area contributed by atoms with Gasteiger partial charge in [-0.05, 0) is 36.4 Å². The normalized spacial score (nSPS) is 13.7. The zero-order chi connectivity index (χ0) is 20.1. The molecule has 3 amide bonds. The largest absolute Gasteiger partial charge is 0.399 e. The van der Waals surface area contributed by atoms with E-state index in [1.807, 2.05) is 12.1 Å². The van der Waals surface area contributed by atoms with Crippen molar-refractivity contribution in [1.82, 2.24) is 0 Å². The van der Waals surface area contributed by atoms with Crippen LogP contribution in [0.25, 0.3) is 0 Å². The summed E-state index contributed by atoms with van der Waals surface area (Å²) in [5.41, 5.74) is 7.72. The van der Waals surface area contributed by atoms with Gasteiger partial charge in [-0.3, -0.25) is 14.4 Å². The van der Waals surface area contributed by atoms with Gasteiger partial charge in [0, 0.05) is 25.7 Å². The standard InChI is InChI=1S/C20H22N4O4/c1-14(25)24(16-8-6-15(21)7-9-16)20(27)19(26)22-17-4-2-3-5-18(17)23-10-12-28-13-11-23/h2-9H,10-13,21H2,1H3,(H,22,26). The van der Waals surface area contributed by atoms with Gasteiger partial charge in [-0.1, -0.05) is 12.1 Å². The lowest BCUT2D eigenvalue weighted by Gasteiger charge is -2.30. The zero-order valence-corrected chi connectivity index (χ0v) is 15.6. The monoisotopic (exact) mass is 382 g/mol. The summed E-state index contributed by atoms with van der Waals surface area (Å²) in [5.74, 6) is -2.42. The first-order valence-corrected chi connectivity index (χ1v) is 8.90. The molecule has 1 fully saturated rings. The number of carbonyl (C=O) groups excluding carboxylic acids is 3. The van der Waals surface area contributed by atoms with Crippen LogP contribution in [0.4, 0.5) is 22.7 Å². The van der Waals surface area contributed by atoms with Crippen LogP contribution >= 0.6 is 0 Å². The molecule has 3 N–H and O–H groups in total. The Labute approximate surface area is 162 Å². The molecule has 0 radical (unpaired) electrons. The van der Waals surface area contributed by atoms with Gasteiger partial charge in [0.25, 0.3) is 0 Å². The van der Waals surface area contributed by atoms with E-state index < -0.39 is 17.7 Å². The molecule has 0 aliphatic carbocycles. The summed E-state index contributed by atoms with van der Waals surface area (Å²) in [6.07, 6.45) is 0. The lowest BCUT2D eigenvalue weighted by atomic mass is 10.2. The highest BCUT2D eigenvalue weighted by atomic mass is 16.5. The van der Waals surface area contributed by atoms with Gasteiger partial charge in [-0.15, -0.1) is 0 Å². The first kappa shape index (κ1) is 19.4.